The molecule has 3 heterocycles. The molecule has 1 N–H and O–H groups in total. The van der Waals surface area contributed by atoms with Crippen LogP contribution in [0.5, 0.6) is 11.5 Å². The minimum Gasteiger partial charge on any atom is -0.503 e. The Kier molecular flexibility index (Phi) is 7.32. The molecule has 1 amide bonds. The second-order valence-electron chi connectivity index (χ2n) is 7.89. The highest BCUT2D eigenvalue weighted by Crippen LogP contribution is 2.42. The van der Waals surface area contributed by atoms with E-state index < -0.39 is 17.7 Å². The molecule has 33 heavy (non-hydrogen) atoms. The molecule has 8 nitrogen and oxygen atoms in total. The Hall–Kier alpha value is -2.88. The zero-order valence-corrected chi connectivity index (χ0v) is 19.6. The number of aliphatic hydroxyl groups is 1. The molecule has 1 saturated heterocycles. The van der Waals surface area contributed by atoms with Gasteiger partial charge in [-0.05, 0) is 35.6 Å². The van der Waals surface area contributed by atoms with Gasteiger partial charge in [-0.25, -0.2) is 0 Å². The third-order valence-electron chi connectivity index (χ3n) is 5.99. The minimum absolute atomic E-state index is 0.0982. The van der Waals surface area contributed by atoms with Crippen molar-refractivity contribution in [2.75, 3.05) is 53.6 Å². The van der Waals surface area contributed by atoms with E-state index in [1.807, 2.05) is 0 Å². The highest BCUT2D eigenvalue weighted by atomic mass is 32.1. The summed E-state index contributed by atoms with van der Waals surface area (Å²) in [6.07, 6.45) is 0.712. The summed E-state index contributed by atoms with van der Waals surface area (Å²) >= 11 is 1.28. The van der Waals surface area contributed by atoms with Crippen molar-refractivity contribution in [1.29, 1.82) is 0 Å². The minimum atomic E-state index is -0.711. The van der Waals surface area contributed by atoms with Crippen molar-refractivity contribution >= 4 is 23.0 Å². The fraction of sp³-hybridized carbons (Fsp3) is 0.417. The molecule has 0 spiro atoms. The molecule has 1 unspecified atom stereocenters. The van der Waals surface area contributed by atoms with Crippen LogP contribution >= 0.6 is 11.3 Å². The number of methoxy groups -OCH3 is 2. The number of thiophene rings is 1. The summed E-state index contributed by atoms with van der Waals surface area (Å²) in [6.45, 7) is 4.34. The van der Waals surface area contributed by atoms with Crippen molar-refractivity contribution in [3.63, 3.8) is 0 Å². The number of hydrogen-bond acceptors (Lipinski definition) is 8. The molecule has 2 aliphatic heterocycles. The van der Waals surface area contributed by atoms with E-state index in [1.54, 1.807) is 47.7 Å². The normalized spacial score (nSPS) is 19.3. The first-order chi connectivity index (χ1) is 16.0. The molecule has 2 aromatic rings. The largest absolute Gasteiger partial charge is 0.503 e. The number of carbonyl (C=O) groups is 2. The number of ether oxygens (including phenoxy) is 3. The Morgan fingerprint density at radius 1 is 1.15 bits per heavy atom. The van der Waals surface area contributed by atoms with E-state index >= 15 is 0 Å². The maximum absolute atomic E-state index is 13.3. The second kappa shape index (κ2) is 10.4. The summed E-state index contributed by atoms with van der Waals surface area (Å²) in [7, 11) is 3.08. The van der Waals surface area contributed by atoms with Crippen molar-refractivity contribution < 1.29 is 28.9 Å². The fourth-order valence-corrected chi connectivity index (χ4v) is 4.99. The fourth-order valence-electron chi connectivity index (χ4n) is 4.32. The SMILES string of the molecule is COc1ccc(C2C(C(=O)c3cccs3)=C(O)C(=O)N2CCCN2CCOCC2)cc1OC. The van der Waals surface area contributed by atoms with Gasteiger partial charge >= 0.3 is 0 Å². The van der Waals surface area contributed by atoms with Crippen LogP contribution in [0.15, 0.2) is 47.0 Å². The Labute approximate surface area is 197 Å². The van der Waals surface area contributed by atoms with Crippen molar-refractivity contribution in [2.24, 2.45) is 0 Å². The molecule has 2 aliphatic rings. The van der Waals surface area contributed by atoms with E-state index in [4.69, 9.17) is 14.2 Å². The molecule has 0 saturated carbocycles. The first kappa shape index (κ1) is 23.3. The van der Waals surface area contributed by atoms with Crippen LogP contribution in [0, 0.1) is 0 Å². The third-order valence-corrected chi connectivity index (χ3v) is 6.86. The summed E-state index contributed by atoms with van der Waals surface area (Å²) in [5, 5.41) is 12.6. The van der Waals surface area contributed by atoms with Crippen LogP contribution in [-0.2, 0) is 9.53 Å². The first-order valence-corrected chi connectivity index (χ1v) is 11.8. The van der Waals surface area contributed by atoms with Gasteiger partial charge in [0, 0.05) is 26.2 Å². The second-order valence-corrected chi connectivity index (χ2v) is 8.84. The van der Waals surface area contributed by atoms with Crippen LogP contribution in [0.25, 0.3) is 0 Å². The van der Waals surface area contributed by atoms with E-state index in [1.165, 1.54) is 18.4 Å². The van der Waals surface area contributed by atoms with E-state index in [0.29, 0.717) is 48.1 Å². The van der Waals surface area contributed by atoms with Gasteiger partial charge in [0.1, 0.15) is 0 Å². The van der Waals surface area contributed by atoms with Gasteiger partial charge in [-0.15, -0.1) is 11.3 Å². The zero-order valence-electron chi connectivity index (χ0n) is 18.8. The summed E-state index contributed by atoms with van der Waals surface area (Å²) in [5.74, 6) is -0.323. The molecular weight excluding hydrogens is 444 g/mol. The molecule has 1 fully saturated rings. The summed E-state index contributed by atoms with van der Waals surface area (Å²) in [4.78, 5) is 30.8. The molecule has 1 aromatic heterocycles. The van der Waals surface area contributed by atoms with E-state index in [9.17, 15) is 14.7 Å². The van der Waals surface area contributed by atoms with E-state index in [-0.39, 0.29) is 11.4 Å². The number of rotatable bonds is 9. The Morgan fingerprint density at radius 3 is 2.58 bits per heavy atom. The lowest BCUT2D eigenvalue weighted by Gasteiger charge is -2.30. The zero-order chi connectivity index (χ0) is 23.4. The number of hydrogen-bond donors (Lipinski definition) is 1. The molecule has 1 aromatic carbocycles. The summed E-state index contributed by atoms with van der Waals surface area (Å²) in [6, 6.07) is 8.06. The standard InChI is InChI=1S/C24H28N2O6S/c1-30-17-7-6-16(15-18(17)31-2)21-20(22(27)19-5-3-14-33-19)23(28)24(29)26(21)9-4-8-25-10-12-32-13-11-25/h3,5-7,14-15,21,28H,4,8-13H2,1-2H3. The van der Waals surface area contributed by atoms with Gasteiger partial charge in [0.15, 0.2) is 17.3 Å². The molecule has 176 valence electrons. The summed E-state index contributed by atoms with van der Waals surface area (Å²) in [5.41, 5.74) is 0.775. The van der Waals surface area contributed by atoms with E-state index in [0.717, 1.165) is 19.6 Å². The van der Waals surface area contributed by atoms with Crippen LogP contribution < -0.4 is 9.47 Å². The number of carbonyl (C=O) groups excluding carboxylic acids is 2. The smallest absolute Gasteiger partial charge is 0.290 e. The number of benzene rings is 1. The number of nitrogens with zero attached hydrogens (tertiary/aromatic N) is 2. The predicted molar refractivity (Wildman–Crippen MR) is 124 cm³/mol. The van der Waals surface area contributed by atoms with Crippen LogP contribution in [0.1, 0.15) is 27.7 Å². The first-order valence-electron chi connectivity index (χ1n) is 10.9. The number of amides is 1. The highest BCUT2D eigenvalue weighted by molar-refractivity contribution is 7.12. The molecule has 0 bridgehead atoms. The number of aliphatic hydroxyl groups excluding tert-OH is 1. The molecule has 0 aliphatic carbocycles. The number of Topliss-reactive ketones (excluding diaryl/α,β-unsaturated/α-hetero) is 1. The highest BCUT2D eigenvalue weighted by Gasteiger charge is 2.44. The van der Waals surface area contributed by atoms with Crippen LogP contribution in [0.4, 0.5) is 0 Å². The molecule has 1 atom stereocenters. The van der Waals surface area contributed by atoms with Gasteiger partial charge in [0.25, 0.3) is 5.91 Å². The van der Waals surface area contributed by atoms with Gasteiger partial charge in [-0.3, -0.25) is 14.5 Å². The maximum atomic E-state index is 13.3. The van der Waals surface area contributed by atoms with Crippen LogP contribution in [0.3, 0.4) is 0 Å². The van der Waals surface area contributed by atoms with Crippen molar-refractivity contribution in [2.45, 2.75) is 12.5 Å². The average molecular weight is 473 g/mol. The van der Waals surface area contributed by atoms with Gasteiger partial charge in [0.05, 0.1) is 43.9 Å². The van der Waals surface area contributed by atoms with Gasteiger partial charge in [-0.2, -0.15) is 0 Å². The number of morpholine rings is 1. The monoisotopic (exact) mass is 472 g/mol. The Bertz CT molecular complexity index is 1030. The maximum Gasteiger partial charge on any atom is 0.290 e. The van der Waals surface area contributed by atoms with Crippen molar-refractivity contribution in [3.05, 3.63) is 57.5 Å². The predicted octanol–water partition coefficient (Wildman–Crippen LogP) is 3.07. The van der Waals surface area contributed by atoms with Gasteiger partial charge in [0.2, 0.25) is 5.78 Å². The van der Waals surface area contributed by atoms with Crippen molar-refractivity contribution in [3.8, 4) is 11.5 Å². The lowest BCUT2D eigenvalue weighted by atomic mass is 9.95. The van der Waals surface area contributed by atoms with Gasteiger partial charge in [-0.1, -0.05) is 12.1 Å². The summed E-state index contributed by atoms with van der Waals surface area (Å²) < 4.78 is 16.2. The van der Waals surface area contributed by atoms with E-state index in [2.05, 4.69) is 4.90 Å². The molecule has 0 radical (unpaired) electrons. The van der Waals surface area contributed by atoms with Gasteiger partial charge < -0.3 is 24.2 Å². The lowest BCUT2D eigenvalue weighted by Crippen LogP contribution is -2.39. The lowest BCUT2D eigenvalue weighted by molar-refractivity contribution is -0.129. The van der Waals surface area contributed by atoms with Crippen LogP contribution in [-0.4, -0.2) is 80.2 Å². The molecule has 4 rings (SSSR count). The van der Waals surface area contributed by atoms with Crippen molar-refractivity contribution in [1.82, 2.24) is 9.80 Å². The average Bonchev–Trinajstić information content (AvgIpc) is 3.47. The molecular formula is C24H28N2O6S. The third kappa shape index (κ3) is 4.75. The Morgan fingerprint density at radius 2 is 1.91 bits per heavy atom. The Balaban J connectivity index is 1.65. The topological polar surface area (TPSA) is 88.5 Å². The van der Waals surface area contributed by atoms with Crippen LogP contribution in [0.2, 0.25) is 0 Å². The number of ketones is 1. The quantitative estimate of drug-likeness (QED) is 0.561. The molecule has 9 heteroatoms.